The molecule has 1 fully saturated rings. The van der Waals surface area contributed by atoms with Gasteiger partial charge in [0, 0.05) is 6.54 Å². The largest absolute Gasteiger partial charge is 0.407 e. The second-order valence-corrected chi connectivity index (χ2v) is 2.58. The molecular weight excluding hydrogens is 216 g/mol. The van der Waals surface area contributed by atoms with E-state index in [1.165, 1.54) is 0 Å². The van der Waals surface area contributed by atoms with E-state index in [1.807, 2.05) is 0 Å². The normalized spacial score (nSPS) is 29.0. The Balaban J connectivity index is 0. The van der Waals surface area contributed by atoms with Gasteiger partial charge in [0.15, 0.2) is 0 Å². The van der Waals surface area contributed by atoms with Crippen LogP contribution >= 0.6 is 24.8 Å². The predicted molar refractivity (Wildman–Crippen MR) is 45.0 cm³/mol. The monoisotopic (exact) mass is 226 g/mol. The van der Waals surface area contributed by atoms with Crippen LogP contribution in [0, 0.1) is 0 Å². The smallest absolute Gasteiger partial charge is 0.317 e. The van der Waals surface area contributed by atoms with E-state index in [9.17, 15) is 13.2 Å². The molecule has 1 unspecified atom stereocenters. The van der Waals surface area contributed by atoms with Crippen LogP contribution in [0.5, 0.6) is 0 Å². The van der Waals surface area contributed by atoms with Gasteiger partial charge in [0.05, 0.1) is 0 Å². The summed E-state index contributed by atoms with van der Waals surface area (Å²) in [6, 6.07) is 0. The number of halogens is 5. The van der Waals surface area contributed by atoms with E-state index in [2.05, 4.69) is 5.32 Å². The van der Waals surface area contributed by atoms with Crippen molar-refractivity contribution in [1.29, 1.82) is 0 Å². The van der Waals surface area contributed by atoms with Crippen LogP contribution in [0.2, 0.25) is 0 Å². The van der Waals surface area contributed by atoms with Crippen LogP contribution in [0.25, 0.3) is 0 Å². The van der Waals surface area contributed by atoms with Gasteiger partial charge in [-0.15, -0.1) is 24.8 Å². The number of nitrogens with one attached hydrogen (secondary N) is 1. The molecule has 1 saturated heterocycles. The number of nitrogens with two attached hydrogens (primary N) is 1. The second kappa shape index (κ2) is 4.50. The van der Waals surface area contributed by atoms with Crippen LogP contribution in [0.4, 0.5) is 13.2 Å². The van der Waals surface area contributed by atoms with Crippen molar-refractivity contribution in [3.05, 3.63) is 0 Å². The van der Waals surface area contributed by atoms with Crippen molar-refractivity contribution in [2.24, 2.45) is 5.73 Å². The van der Waals surface area contributed by atoms with Crippen molar-refractivity contribution in [1.82, 2.24) is 5.32 Å². The predicted octanol–water partition coefficient (Wildman–Crippen LogP) is 1.08. The quantitative estimate of drug-likeness (QED) is 0.649. The first-order valence-corrected chi connectivity index (χ1v) is 3.02. The highest BCUT2D eigenvalue weighted by Crippen LogP contribution is 2.32. The molecule has 1 aliphatic heterocycles. The molecule has 3 N–H and O–H groups in total. The lowest BCUT2D eigenvalue weighted by Gasteiger charge is -2.25. The SMILES string of the molecule is Cl.Cl.NC1(C(F)(F)F)CCNC1. The van der Waals surface area contributed by atoms with Crippen molar-refractivity contribution in [3.8, 4) is 0 Å². The lowest BCUT2D eigenvalue weighted by atomic mass is 10.0. The number of hydrogen-bond acceptors (Lipinski definition) is 2. The average Bonchev–Trinajstić information content (AvgIpc) is 2.13. The van der Waals surface area contributed by atoms with Crippen LogP contribution in [0.1, 0.15) is 6.42 Å². The summed E-state index contributed by atoms with van der Waals surface area (Å²) in [5.41, 5.74) is 3.07. The van der Waals surface area contributed by atoms with Crippen LogP contribution < -0.4 is 11.1 Å². The highest BCUT2D eigenvalue weighted by Gasteiger charge is 2.53. The molecule has 0 spiro atoms. The first-order valence-electron chi connectivity index (χ1n) is 3.02. The summed E-state index contributed by atoms with van der Waals surface area (Å²) in [6.45, 7) is 0.201. The van der Waals surface area contributed by atoms with Gasteiger partial charge in [0.2, 0.25) is 0 Å². The van der Waals surface area contributed by atoms with E-state index in [0.29, 0.717) is 6.54 Å². The summed E-state index contributed by atoms with van der Waals surface area (Å²) in [4.78, 5) is 0. The molecule has 12 heavy (non-hydrogen) atoms. The Morgan fingerprint density at radius 2 is 1.75 bits per heavy atom. The third-order valence-corrected chi connectivity index (χ3v) is 1.75. The fourth-order valence-corrected chi connectivity index (χ4v) is 0.953. The number of hydrogen-bond donors (Lipinski definition) is 2. The van der Waals surface area contributed by atoms with E-state index in [0.717, 1.165) is 0 Å². The molecule has 7 heteroatoms. The molecule has 0 aromatic heterocycles. The fraction of sp³-hybridized carbons (Fsp3) is 1.00. The number of rotatable bonds is 0. The van der Waals surface area contributed by atoms with Crippen molar-refractivity contribution >= 4 is 24.8 Å². The zero-order chi connectivity index (χ0) is 7.83. The summed E-state index contributed by atoms with van der Waals surface area (Å²) in [6.07, 6.45) is -4.28. The highest BCUT2D eigenvalue weighted by molar-refractivity contribution is 5.85. The Hall–Kier alpha value is 0.290. The van der Waals surface area contributed by atoms with Gasteiger partial charge < -0.3 is 11.1 Å². The summed E-state index contributed by atoms with van der Waals surface area (Å²) < 4.78 is 35.9. The highest BCUT2D eigenvalue weighted by atomic mass is 35.5. The molecule has 0 radical (unpaired) electrons. The maximum atomic E-state index is 12.0. The van der Waals surface area contributed by atoms with Crippen LogP contribution in [0.15, 0.2) is 0 Å². The van der Waals surface area contributed by atoms with Gasteiger partial charge in [0.1, 0.15) is 5.54 Å². The van der Waals surface area contributed by atoms with E-state index < -0.39 is 11.7 Å². The van der Waals surface area contributed by atoms with Gasteiger partial charge >= 0.3 is 6.18 Å². The summed E-state index contributed by atoms with van der Waals surface area (Å²) in [5, 5.41) is 2.57. The third kappa shape index (κ3) is 2.65. The zero-order valence-electron chi connectivity index (χ0n) is 6.15. The standard InChI is InChI=1S/C5H9F3N2.2ClH/c6-5(7,8)4(9)1-2-10-3-4;;/h10H,1-3,9H2;2*1H. The van der Waals surface area contributed by atoms with E-state index in [4.69, 9.17) is 5.73 Å². The van der Waals surface area contributed by atoms with E-state index >= 15 is 0 Å². The molecule has 0 aromatic carbocycles. The summed E-state index contributed by atoms with van der Waals surface area (Å²) in [5.74, 6) is 0. The first-order chi connectivity index (χ1) is 4.46. The third-order valence-electron chi connectivity index (χ3n) is 1.75. The Bertz CT molecular complexity index is 133. The minimum Gasteiger partial charge on any atom is -0.317 e. The zero-order valence-corrected chi connectivity index (χ0v) is 7.78. The van der Waals surface area contributed by atoms with Crippen molar-refractivity contribution in [2.75, 3.05) is 13.1 Å². The Morgan fingerprint density at radius 3 is 1.92 bits per heavy atom. The van der Waals surface area contributed by atoms with Gasteiger partial charge in [-0.1, -0.05) is 0 Å². The lowest BCUT2D eigenvalue weighted by molar-refractivity contribution is -0.179. The molecular formula is C5H11Cl2F3N2. The fourth-order valence-electron chi connectivity index (χ4n) is 0.953. The number of alkyl halides is 3. The molecule has 2 nitrogen and oxygen atoms in total. The van der Waals surface area contributed by atoms with Gasteiger partial charge in [-0.3, -0.25) is 0 Å². The molecule has 0 saturated carbocycles. The van der Waals surface area contributed by atoms with Crippen LogP contribution in [-0.4, -0.2) is 24.8 Å². The molecule has 0 aliphatic carbocycles. The molecule has 1 rings (SSSR count). The Labute approximate surface area is 80.9 Å². The molecule has 1 heterocycles. The average molecular weight is 227 g/mol. The van der Waals surface area contributed by atoms with Crippen molar-refractivity contribution < 1.29 is 13.2 Å². The van der Waals surface area contributed by atoms with Gasteiger partial charge in [-0.05, 0) is 13.0 Å². The van der Waals surface area contributed by atoms with Crippen LogP contribution in [0.3, 0.4) is 0 Å². The molecule has 0 aromatic rings. The second-order valence-electron chi connectivity index (χ2n) is 2.58. The van der Waals surface area contributed by atoms with E-state index in [-0.39, 0.29) is 37.8 Å². The molecule has 1 aliphatic rings. The Morgan fingerprint density at radius 1 is 1.25 bits per heavy atom. The van der Waals surface area contributed by atoms with Gasteiger partial charge in [0.25, 0.3) is 0 Å². The van der Waals surface area contributed by atoms with Crippen molar-refractivity contribution in [2.45, 2.75) is 18.1 Å². The maximum Gasteiger partial charge on any atom is 0.407 e. The van der Waals surface area contributed by atoms with Crippen LogP contribution in [-0.2, 0) is 0 Å². The Kier molecular flexibility index (Phi) is 5.55. The summed E-state index contributed by atoms with van der Waals surface area (Å²) >= 11 is 0. The lowest BCUT2D eigenvalue weighted by Crippen LogP contribution is -2.54. The molecule has 76 valence electrons. The van der Waals surface area contributed by atoms with Gasteiger partial charge in [-0.2, -0.15) is 13.2 Å². The molecule has 1 atom stereocenters. The molecule has 0 bridgehead atoms. The van der Waals surface area contributed by atoms with Crippen molar-refractivity contribution in [3.63, 3.8) is 0 Å². The minimum atomic E-state index is -4.27. The summed E-state index contributed by atoms with van der Waals surface area (Å²) in [7, 11) is 0. The molecule has 0 amide bonds. The minimum absolute atomic E-state index is 0. The van der Waals surface area contributed by atoms with E-state index in [1.54, 1.807) is 0 Å². The van der Waals surface area contributed by atoms with Gasteiger partial charge in [-0.25, -0.2) is 0 Å². The topological polar surface area (TPSA) is 38.0 Å². The first kappa shape index (κ1) is 14.8. The maximum absolute atomic E-state index is 12.0.